The predicted octanol–water partition coefficient (Wildman–Crippen LogP) is 3.86. The minimum absolute atomic E-state index is 0.479. The molecule has 0 aromatic heterocycles. The van der Waals surface area contributed by atoms with Crippen LogP contribution in [0.25, 0.3) is 11.1 Å². The Morgan fingerprint density at radius 2 is 1.68 bits per heavy atom. The Morgan fingerprint density at radius 1 is 1.14 bits per heavy atom. The van der Waals surface area contributed by atoms with Crippen molar-refractivity contribution in [2.45, 2.75) is 25.9 Å². The Balaban J connectivity index is 2.12. The van der Waals surface area contributed by atoms with Crippen LogP contribution in [-0.4, -0.2) is 17.2 Å². The monoisotopic (exact) mass is 295 g/mol. The van der Waals surface area contributed by atoms with Crippen molar-refractivity contribution in [3.63, 3.8) is 0 Å². The van der Waals surface area contributed by atoms with Gasteiger partial charge in [0, 0.05) is 0 Å². The Hall–Kier alpha value is -2.80. The fourth-order valence-electron chi connectivity index (χ4n) is 2.12. The number of carboxylic acid groups (broad SMARTS) is 1. The third kappa shape index (κ3) is 3.86. The van der Waals surface area contributed by atoms with Crippen molar-refractivity contribution in [3.8, 4) is 22.9 Å². The highest BCUT2D eigenvalue weighted by Crippen LogP contribution is 2.23. The van der Waals surface area contributed by atoms with E-state index in [-0.39, 0.29) is 0 Å². The Morgan fingerprint density at radius 3 is 2.14 bits per heavy atom. The molecule has 0 spiro atoms. The van der Waals surface area contributed by atoms with Crippen LogP contribution in [0.5, 0.6) is 5.75 Å². The lowest BCUT2D eigenvalue weighted by Crippen LogP contribution is -2.26. The Kier molecular flexibility index (Phi) is 5.16. The summed E-state index contributed by atoms with van der Waals surface area (Å²) in [5.41, 5.74) is 2.60. The molecular weight excluding hydrogens is 278 g/mol. The molecule has 1 N–H and O–H groups in total. The van der Waals surface area contributed by atoms with Gasteiger partial charge in [-0.15, -0.1) is 0 Å². The molecule has 2 aromatic carbocycles. The molecular formula is C18H17NO3. The largest absolute Gasteiger partial charge is 0.479 e. The topological polar surface area (TPSA) is 70.3 Å². The van der Waals surface area contributed by atoms with Crippen molar-refractivity contribution < 1.29 is 14.6 Å². The molecule has 2 aromatic rings. The van der Waals surface area contributed by atoms with E-state index in [1.807, 2.05) is 31.2 Å². The third-order valence-electron chi connectivity index (χ3n) is 3.31. The first-order valence-corrected chi connectivity index (χ1v) is 7.14. The fraction of sp³-hybridized carbons (Fsp3) is 0.222. The van der Waals surface area contributed by atoms with E-state index < -0.39 is 12.1 Å². The average molecular weight is 295 g/mol. The molecule has 0 aliphatic carbocycles. The molecule has 0 amide bonds. The molecule has 0 radical (unpaired) electrons. The maximum Gasteiger partial charge on any atom is 0.344 e. The summed E-state index contributed by atoms with van der Waals surface area (Å²) in [5, 5.41) is 17.9. The van der Waals surface area contributed by atoms with Gasteiger partial charge >= 0.3 is 5.97 Å². The summed E-state index contributed by atoms with van der Waals surface area (Å²) >= 11 is 0. The smallest absolute Gasteiger partial charge is 0.344 e. The molecule has 22 heavy (non-hydrogen) atoms. The van der Waals surface area contributed by atoms with Gasteiger partial charge in [-0.05, 0) is 41.8 Å². The SMILES string of the molecule is CCCC(Oc1ccc(-c2ccc(C#N)cc2)cc1)C(=O)O. The number of hydrogen-bond donors (Lipinski definition) is 1. The van der Waals surface area contributed by atoms with Crippen molar-refractivity contribution in [3.05, 3.63) is 54.1 Å². The van der Waals surface area contributed by atoms with E-state index in [2.05, 4.69) is 6.07 Å². The summed E-state index contributed by atoms with van der Waals surface area (Å²) in [4.78, 5) is 11.1. The standard InChI is InChI=1S/C18H17NO3/c1-2-3-17(18(20)21)22-16-10-8-15(9-11-16)14-6-4-13(12-19)5-7-14/h4-11,17H,2-3H2,1H3,(H,20,21). The first-order valence-electron chi connectivity index (χ1n) is 7.14. The van der Waals surface area contributed by atoms with Gasteiger partial charge in [-0.2, -0.15) is 5.26 Å². The van der Waals surface area contributed by atoms with Gasteiger partial charge in [0.05, 0.1) is 11.6 Å². The second kappa shape index (κ2) is 7.28. The lowest BCUT2D eigenvalue weighted by Gasteiger charge is -2.14. The molecule has 4 nitrogen and oxygen atoms in total. The zero-order chi connectivity index (χ0) is 15.9. The zero-order valence-corrected chi connectivity index (χ0v) is 12.3. The molecule has 2 rings (SSSR count). The minimum Gasteiger partial charge on any atom is -0.479 e. The molecule has 4 heteroatoms. The molecule has 112 valence electrons. The van der Waals surface area contributed by atoms with Gasteiger partial charge in [-0.1, -0.05) is 37.6 Å². The maximum absolute atomic E-state index is 11.1. The van der Waals surface area contributed by atoms with Crippen LogP contribution >= 0.6 is 0 Å². The number of hydrogen-bond acceptors (Lipinski definition) is 3. The fourth-order valence-corrected chi connectivity index (χ4v) is 2.12. The van der Waals surface area contributed by atoms with Crippen LogP contribution in [0.1, 0.15) is 25.3 Å². The number of carboxylic acids is 1. The molecule has 1 unspecified atom stereocenters. The van der Waals surface area contributed by atoms with Crippen molar-refractivity contribution in [1.29, 1.82) is 5.26 Å². The number of rotatable bonds is 6. The lowest BCUT2D eigenvalue weighted by molar-refractivity contribution is -0.145. The number of ether oxygens (including phenoxy) is 1. The van der Waals surface area contributed by atoms with Crippen molar-refractivity contribution in [2.24, 2.45) is 0 Å². The van der Waals surface area contributed by atoms with Crippen molar-refractivity contribution in [2.75, 3.05) is 0 Å². The molecule has 0 aliphatic rings. The molecule has 0 fully saturated rings. The zero-order valence-electron chi connectivity index (χ0n) is 12.3. The van der Waals surface area contributed by atoms with Crippen molar-refractivity contribution in [1.82, 2.24) is 0 Å². The second-order valence-corrected chi connectivity index (χ2v) is 4.95. The van der Waals surface area contributed by atoms with E-state index in [4.69, 9.17) is 15.1 Å². The highest BCUT2D eigenvalue weighted by Gasteiger charge is 2.17. The van der Waals surface area contributed by atoms with Crippen LogP contribution in [0.3, 0.4) is 0 Å². The molecule has 0 saturated carbocycles. The summed E-state index contributed by atoms with van der Waals surface area (Å²) in [5.74, 6) is -0.406. The lowest BCUT2D eigenvalue weighted by atomic mass is 10.0. The average Bonchev–Trinajstić information content (AvgIpc) is 2.55. The number of carbonyl (C=O) groups is 1. The van der Waals surface area contributed by atoms with Gasteiger partial charge in [0.25, 0.3) is 0 Å². The summed E-state index contributed by atoms with van der Waals surface area (Å²) in [6.45, 7) is 1.92. The number of nitrogens with zero attached hydrogens (tertiary/aromatic N) is 1. The first-order chi connectivity index (χ1) is 10.6. The van der Waals surface area contributed by atoms with Crippen LogP contribution in [0.2, 0.25) is 0 Å². The van der Waals surface area contributed by atoms with Gasteiger partial charge in [0.1, 0.15) is 5.75 Å². The van der Waals surface area contributed by atoms with E-state index >= 15 is 0 Å². The van der Waals surface area contributed by atoms with Crippen LogP contribution < -0.4 is 4.74 Å². The van der Waals surface area contributed by atoms with Gasteiger partial charge in [0.2, 0.25) is 0 Å². The summed E-state index contributed by atoms with van der Waals surface area (Å²) < 4.78 is 5.50. The maximum atomic E-state index is 11.1. The molecule has 1 atom stereocenters. The van der Waals surface area contributed by atoms with Crippen LogP contribution in [-0.2, 0) is 4.79 Å². The highest BCUT2D eigenvalue weighted by atomic mass is 16.5. The molecule has 0 aliphatic heterocycles. The summed E-state index contributed by atoms with van der Waals surface area (Å²) in [6, 6.07) is 16.7. The summed E-state index contributed by atoms with van der Waals surface area (Å²) in [6.07, 6.45) is 0.415. The minimum atomic E-state index is -0.946. The second-order valence-electron chi connectivity index (χ2n) is 4.95. The Labute approximate surface area is 129 Å². The third-order valence-corrected chi connectivity index (χ3v) is 3.31. The number of benzene rings is 2. The predicted molar refractivity (Wildman–Crippen MR) is 83.6 cm³/mol. The summed E-state index contributed by atoms with van der Waals surface area (Å²) in [7, 11) is 0. The quantitative estimate of drug-likeness (QED) is 0.878. The van der Waals surface area contributed by atoms with E-state index in [1.165, 1.54) is 0 Å². The van der Waals surface area contributed by atoms with Gasteiger partial charge in [-0.3, -0.25) is 0 Å². The van der Waals surface area contributed by atoms with Crippen molar-refractivity contribution >= 4 is 5.97 Å². The van der Waals surface area contributed by atoms with Gasteiger partial charge in [-0.25, -0.2) is 4.79 Å². The molecule has 0 bridgehead atoms. The van der Waals surface area contributed by atoms with Crippen LogP contribution in [0, 0.1) is 11.3 Å². The van der Waals surface area contributed by atoms with Gasteiger partial charge in [0.15, 0.2) is 6.10 Å². The number of aliphatic carboxylic acids is 1. The molecule has 0 heterocycles. The normalized spacial score (nSPS) is 11.5. The number of nitriles is 1. The highest BCUT2D eigenvalue weighted by molar-refractivity contribution is 5.72. The van der Waals surface area contributed by atoms with Crippen LogP contribution in [0.4, 0.5) is 0 Å². The van der Waals surface area contributed by atoms with E-state index in [0.717, 1.165) is 17.5 Å². The van der Waals surface area contributed by atoms with E-state index in [9.17, 15) is 4.79 Å². The van der Waals surface area contributed by atoms with Gasteiger partial charge < -0.3 is 9.84 Å². The first kappa shape index (κ1) is 15.6. The Bertz CT molecular complexity index is 669. The van der Waals surface area contributed by atoms with E-state index in [0.29, 0.717) is 17.7 Å². The molecule has 0 saturated heterocycles. The van der Waals surface area contributed by atoms with E-state index in [1.54, 1.807) is 24.3 Å². The van der Waals surface area contributed by atoms with Crippen LogP contribution in [0.15, 0.2) is 48.5 Å².